The van der Waals surface area contributed by atoms with E-state index in [9.17, 15) is 14.7 Å². The van der Waals surface area contributed by atoms with Gasteiger partial charge in [0, 0.05) is 17.3 Å². The zero-order valence-corrected chi connectivity index (χ0v) is 14.3. The summed E-state index contributed by atoms with van der Waals surface area (Å²) < 4.78 is 10.5. The van der Waals surface area contributed by atoms with Gasteiger partial charge in [-0.15, -0.1) is 0 Å². The monoisotopic (exact) mass is 344 g/mol. The molecule has 0 bridgehead atoms. The van der Waals surface area contributed by atoms with Gasteiger partial charge in [-0.3, -0.25) is 9.59 Å². The molecule has 0 fully saturated rings. The first-order valence-corrected chi connectivity index (χ1v) is 7.63. The topological polar surface area (TPSA) is 97.8 Å². The van der Waals surface area contributed by atoms with Gasteiger partial charge in [0.15, 0.2) is 0 Å². The SMILES string of the molecule is COc1ccc(C(CC(=O)O)NC(=O)c2cccc(C)n2)c(OC)c1. The third-order valence-corrected chi connectivity index (χ3v) is 3.62. The van der Waals surface area contributed by atoms with Crippen LogP contribution in [-0.2, 0) is 4.79 Å². The lowest BCUT2D eigenvalue weighted by Gasteiger charge is -2.20. The van der Waals surface area contributed by atoms with Gasteiger partial charge in [0.05, 0.1) is 26.7 Å². The number of rotatable bonds is 7. The summed E-state index contributed by atoms with van der Waals surface area (Å²) in [6.07, 6.45) is -0.291. The molecule has 7 heteroatoms. The van der Waals surface area contributed by atoms with E-state index in [1.165, 1.54) is 14.2 Å². The number of aliphatic carboxylic acids is 1. The molecular formula is C18H20N2O5. The van der Waals surface area contributed by atoms with Crippen LogP contribution in [0.5, 0.6) is 11.5 Å². The van der Waals surface area contributed by atoms with Crippen molar-refractivity contribution < 1.29 is 24.2 Å². The third kappa shape index (κ3) is 4.69. The highest BCUT2D eigenvalue weighted by molar-refractivity contribution is 5.92. The molecule has 25 heavy (non-hydrogen) atoms. The van der Waals surface area contributed by atoms with Gasteiger partial charge >= 0.3 is 5.97 Å². The van der Waals surface area contributed by atoms with Crippen molar-refractivity contribution in [2.24, 2.45) is 0 Å². The quantitative estimate of drug-likeness (QED) is 0.800. The fraction of sp³-hybridized carbons (Fsp3) is 0.278. The number of carboxylic acid groups (broad SMARTS) is 1. The molecule has 1 amide bonds. The van der Waals surface area contributed by atoms with Gasteiger partial charge in [-0.1, -0.05) is 6.07 Å². The summed E-state index contributed by atoms with van der Waals surface area (Å²) >= 11 is 0. The maximum absolute atomic E-state index is 12.5. The number of hydrogen-bond acceptors (Lipinski definition) is 5. The van der Waals surface area contributed by atoms with Crippen molar-refractivity contribution in [3.8, 4) is 11.5 Å². The predicted molar refractivity (Wildman–Crippen MR) is 91.0 cm³/mol. The smallest absolute Gasteiger partial charge is 0.305 e. The van der Waals surface area contributed by atoms with Gasteiger partial charge in [-0.2, -0.15) is 0 Å². The highest BCUT2D eigenvalue weighted by Crippen LogP contribution is 2.31. The Morgan fingerprint density at radius 1 is 1.20 bits per heavy atom. The first kappa shape index (κ1) is 18.3. The van der Waals surface area contributed by atoms with E-state index < -0.39 is 17.9 Å². The second kappa shape index (κ2) is 8.14. The fourth-order valence-corrected chi connectivity index (χ4v) is 2.42. The highest BCUT2D eigenvalue weighted by Gasteiger charge is 2.23. The Hall–Kier alpha value is -3.09. The van der Waals surface area contributed by atoms with Crippen molar-refractivity contribution in [2.75, 3.05) is 14.2 Å². The third-order valence-electron chi connectivity index (χ3n) is 3.62. The van der Waals surface area contributed by atoms with Crippen molar-refractivity contribution >= 4 is 11.9 Å². The molecule has 0 saturated carbocycles. The van der Waals surface area contributed by atoms with Crippen LogP contribution in [0.15, 0.2) is 36.4 Å². The van der Waals surface area contributed by atoms with Crippen molar-refractivity contribution in [3.63, 3.8) is 0 Å². The van der Waals surface area contributed by atoms with E-state index in [2.05, 4.69) is 10.3 Å². The number of pyridine rings is 1. The van der Waals surface area contributed by atoms with E-state index in [0.717, 1.165) is 0 Å². The number of aromatic nitrogens is 1. The fourth-order valence-electron chi connectivity index (χ4n) is 2.42. The van der Waals surface area contributed by atoms with Crippen molar-refractivity contribution in [2.45, 2.75) is 19.4 Å². The van der Waals surface area contributed by atoms with Crippen LogP contribution in [0.2, 0.25) is 0 Å². The van der Waals surface area contributed by atoms with E-state index in [4.69, 9.17) is 9.47 Å². The molecule has 132 valence electrons. The summed E-state index contributed by atoms with van der Waals surface area (Å²) in [5.74, 6) is -0.488. The highest BCUT2D eigenvalue weighted by atomic mass is 16.5. The summed E-state index contributed by atoms with van der Waals surface area (Å²) in [5, 5.41) is 11.9. The lowest BCUT2D eigenvalue weighted by Crippen LogP contribution is -2.31. The van der Waals surface area contributed by atoms with Gasteiger partial charge < -0.3 is 19.9 Å². The number of aryl methyl sites for hydroxylation is 1. The molecule has 0 saturated heterocycles. The number of carbonyl (C=O) groups is 2. The molecule has 1 aromatic heterocycles. The zero-order chi connectivity index (χ0) is 18.4. The molecular weight excluding hydrogens is 324 g/mol. The standard InChI is InChI=1S/C18H20N2O5/c1-11-5-4-6-14(19-11)18(23)20-15(10-17(21)22)13-8-7-12(24-2)9-16(13)25-3/h4-9,15H,10H2,1-3H3,(H,20,23)(H,21,22). The Morgan fingerprint density at radius 3 is 2.56 bits per heavy atom. The summed E-state index contributed by atoms with van der Waals surface area (Å²) in [7, 11) is 2.99. The molecule has 1 aromatic carbocycles. The minimum absolute atomic E-state index is 0.225. The maximum Gasteiger partial charge on any atom is 0.305 e. The van der Waals surface area contributed by atoms with Crippen molar-refractivity contribution in [3.05, 3.63) is 53.3 Å². The van der Waals surface area contributed by atoms with Gasteiger partial charge in [0.1, 0.15) is 17.2 Å². The summed E-state index contributed by atoms with van der Waals surface area (Å²) in [5.41, 5.74) is 1.47. The number of methoxy groups -OCH3 is 2. The summed E-state index contributed by atoms with van der Waals surface area (Å²) in [6.45, 7) is 1.78. The van der Waals surface area contributed by atoms with Crippen LogP contribution < -0.4 is 14.8 Å². The van der Waals surface area contributed by atoms with Crippen LogP contribution >= 0.6 is 0 Å². The number of nitrogens with one attached hydrogen (secondary N) is 1. The van der Waals surface area contributed by atoms with Gasteiger partial charge in [0.25, 0.3) is 5.91 Å². The Morgan fingerprint density at radius 2 is 1.96 bits per heavy atom. The molecule has 0 aliphatic heterocycles. The first-order chi connectivity index (χ1) is 11.9. The first-order valence-electron chi connectivity index (χ1n) is 7.63. The molecule has 0 spiro atoms. The van der Waals surface area contributed by atoms with E-state index in [-0.39, 0.29) is 12.1 Å². The Labute approximate surface area is 145 Å². The second-order valence-electron chi connectivity index (χ2n) is 5.40. The number of carboxylic acids is 1. The molecule has 1 heterocycles. The molecule has 0 radical (unpaired) electrons. The minimum Gasteiger partial charge on any atom is -0.497 e. The molecule has 2 rings (SSSR count). The van der Waals surface area contributed by atoms with Crippen LogP contribution in [-0.4, -0.2) is 36.2 Å². The average Bonchev–Trinajstić information content (AvgIpc) is 2.60. The molecule has 7 nitrogen and oxygen atoms in total. The molecule has 1 atom stereocenters. The number of nitrogens with zero attached hydrogens (tertiary/aromatic N) is 1. The Balaban J connectivity index is 2.33. The van der Waals surface area contributed by atoms with Gasteiger partial charge in [0.2, 0.25) is 0 Å². The van der Waals surface area contributed by atoms with Crippen LogP contribution in [0.3, 0.4) is 0 Å². The normalized spacial score (nSPS) is 11.5. The van der Waals surface area contributed by atoms with Crippen molar-refractivity contribution in [1.29, 1.82) is 0 Å². The number of benzene rings is 1. The summed E-state index contributed by atoms with van der Waals surface area (Å²) in [4.78, 5) is 27.9. The van der Waals surface area contributed by atoms with E-state index in [0.29, 0.717) is 22.8 Å². The number of hydrogen-bond donors (Lipinski definition) is 2. The van der Waals surface area contributed by atoms with Crippen LogP contribution in [0.1, 0.15) is 34.2 Å². The molecule has 1 unspecified atom stereocenters. The molecule has 2 aromatic rings. The van der Waals surface area contributed by atoms with E-state index >= 15 is 0 Å². The zero-order valence-electron chi connectivity index (χ0n) is 14.3. The average molecular weight is 344 g/mol. The Bertz CT molecular complexity index is 776. The summed E-state index contributed by atoms with van der Waals surface area (Å²) in [6, 6.07) is 9.30. The number of amides is 1. The molecule has 0 aliphatic carbocycles. The van der Waals surface area contributed by atoms with Crippen LogP contribution in [0.4, 0.5) is 0 Å². The van der Waals surface area contributed by atoms with E-state index in [1.54, 1.807) is 43.3 Å². The van der Waals surface area contributed by atoms with Crippen LogP contribution in [0.25, 0.3) is 0 Å². The van der Waals surface area contributed by atoms with Crippen LogP contribution in [0, 0.1) is 6.92 Å². The molecule has 2 N–H and O–H groups in total. The number of carbonyl (C=O) groups excluding carboxylic acids is 1. The Kier molecular flexibility index (Phi) is 5.94. The lowest BCUT2D eigenvalue weighted by molar-refractivity contribution is -0.137. The van der Waals surface area contributed by atoms with E-state index in [1.807, 2.05) is 0 Å². The minimum atomic E-state index is -1.04. The van der Waals surface area contributed by atoms with Crippen molar-refractivity contribution in [1.82, 2.24) is 10.3 Å². The number of ether oxygens (including phenoxy) is 2. The maximum atomic E-state index is 12.5. The second-order valence-corrected chi connectivity index (χ2v) is 5.40. The lowest BCUT2D eigenvalue weighted by atomic mass is 10.0. The molecule has 0 aliphatic rings. The van der Waals surface area contributed by atoms with Gasteiger partial charge in [-0.25, -0.2) is 4.98 Å². The van der Waals surface area contributed by atoms with Gasteiger partial charge in [-0.05, 0) is 31.2 Å². The largest absolute Gasteiger partial charge is 0.497 e. The predicted octanol–water partition coefficient (Wildman–Crippen LogP) is 2.35.